The normalized spacial score (nSPS) is 18.4. The van der Waals surface area contributed by atoms with E-state index in [2.05, 4.69) is 15.5 Å². The molecule has 0 spiro atoms. The summed E-state index contributed by atoms with van der Waals surface area (Å²) in [5.74, 6) is 0.749. The Hall–Kier alpha value is -1.73. The number of ether oxygens (including phenoxy) is 2. The molecule has 0 saturated carbocycles. The number of nitrogens with zero attached hydrogens (tertiary/aromatic N) is 3. The van der Waals surface area contributed by atoms with Crippen LogP contribution in [0.1, 0.15) is 19.0 Å². The average Bonchev–Trinajstić information content (AvgIpc) is 2.98. The number of pyridine rings is 1. The molecule has 0 bridgehead atoms. The van der Waals surface area contributed by atoms with Crippen molar-refractivity contribution in [3.05, 3.63) is 24.0 Å². The Balaban J connectivity index is 1.94. The number of hydrogen-bond acceptors (Lipinski definition) is 5. The first-order valence-corrected chi connectivity index (χ1v) is 7.19. The highest BCUT2D eigenvalue weighted by Crippen LogP contribution is 2.16. The predicted octanol–water partition coefficient (Wildman–Crippen LogP) is 1.41. The van der Waals surface area contributed by atoms with E-state index in [0.717, 1.165) is 30.2 Å². The maximum Gasteiger partial charge on any atom is 0.189 e. The predicted molar refractivity (Wildman–Crippen MR) is 85.7 cm³/mol. The lowest BCUT2D eigenvalue weighted by Gasteiger charge is -2.13. The summed E-state index contributed by atoms with van der Waals surface area (Å²) in [7, 11) is 3.72. The van der Waals surface area contributed by atoms with Crippen LogP contribution in [0.4, 0.5) is 0 Å². The molecule has 7 heteroatoms. The van der Waals surface area contributed by atoms with Gasteiger partial charge in [0.1, 0.15) is 11.9 Å². The quantitative estimate of drug-likeness (QED) is 0.515. The second-order valence-corrected chi connectivity index (χ2v) is 5.38. The van der Waals surface area contributed by atoms with Crippen molar-refractivity contribution in [2.75, 3.05) is 27.3 Å². The van der Waals surface area contributed by atoms with E-state index in [1.807, 2.05) is 33.2 Å². The van der Waals surface area contributed by atoms with Crippen LogP contribution in [-0.4, -0.2) is 54.1 Å². The van der Waals surface area contributed by atoms with Crippen LogP contribution in [0.25, 0.3) is 0 Å². The molecule has 1 fully saturated rings. The minimum atomic E-state index is 0.131. The summed E-state index contributed by atoms with van der Waals surface area (Å²) in [5.41, 5.74) is 4.35. The molecule has 2 rings (SSSR count). The van der Waals surface area contributed by atoms with Crippen molar-refractivity contribution in [2.24, 2.45) is 5.10 Å². The van der Waals surface area contributed by atoms with Crippen molar-refractivity contribution < 1.29 is 9.47 Å². The molecule has 1 N–H and O–H groups in total. The van der Waals surface area contributed by atoms with Crippen molar-refractivity contribution in [1.82, 2.24) is 15.3 Å². The lowest BCUT2D eigenvalue weighted by atomic mass is 10.2. The van der Waals surface area contributed by atoms with E-state index in [-0.39, 0.29) is 6.10 Å². The molecule has 114 valence electrons. The van der Waals surface area contributed by atoms with Gasteiger partial charge in [-0.1, -0.05) is 0 Å². The average molecular weight is 308 g/mol. The van der Waals surface area contributed by atoms with Gasteiger partial charge in [0.15, 0.2) is 5.11 Å². The molecule has 1 aliphatic rings. The summed E-state index contributed by atoms with van der Waals surface area (Å²) in [5, 5.41) is 4.76. The van der Waals surface area contributed by atoms with Crippen LogP contribution in [0, 0.1) is 0 Å². The van der Waals surface area contributed by atoms with Crippen LogP contribution in [-0.2, 0) is 4.74 Å². The molecule has 1 aromatic rings. The van der Waals surface area contributed by atoms with E-state index in [1.54, 1.807) is 11.1 Å². The molecule has 0 radical (unpaired) electrons. The van der Waals surface area contributed by atoms with Crippen molar-refractivity contribution >= 4 is 23.0 Å². The zero-order chi connectivity index (χ0) is 15.2. The highest BCUT2D eigenvalue weighted by Gasteiger charge is 2.17. The molecule has 0 aromatic carbocycles. The Labute approximate surface area is 130 Å². The Kier molecular flexibility index (Phi) is 5.46. The highest BCUT2D eigenvalue weighted by atomic mass is 32.1. The Morgan fingerprint density at radius 3 is 2.90 bits per heavy atom. The van der Waals surface area contributed by atoms with Crippen LogP contribution in [0.15, 0.2) is 23.4 Å². The third-order valence-electron chi connectivity index (χ3n) is 3.02. The monoisotopic (exact) mass is 308 g/mol. The Bertz CT molecular complexity index is 510. The van der Waals surface area contributed by atoms with Gasteiger partial charge in [0.25, 0.3) is 0 Å². The van der Waals surface area contributed by atoms with Gasteiger partial charge in [-0.2, -0.15) is 5.10 Å². The van der Waals surface area contributed by atoms with Crippen molar-refractivity contribution in [3.8, 4) is 5.75 Å². The minimum Gasteiger partial charge on any atom is -0.486 e. The highest BCUT2D eigenvalue weighted by molar-refractivity contribution is 7.80. The minimum absolute atomic E-state index is 0.131. The Morgan fingerprint density at radius 2 is 2.33 bits per heavy atom. The van der Waals surface area contributed by atoms with Crippen LogP contribution in [0.3, 0.4) is 0 Å². The van der Waals surface area contributed by atoms with Gasteiger partial charge in [-0.15, -0.1) is 0 Å². The van der Waals surface area contributed by atoms with Crippen LogP contribution in [0.5, 0.6) is 5.75 Å². The molecule has 2 heterocycles. The molecule has 1 saturated heterocycles. The van der Waals surface area contributed by atoms with Gasteiger partial charge in [0.2, 0.25) is 0 Å². The van der Waals surface area contributed by atoms with Gasteiger partial charge >= 0.3 is 0 Å². The first kappa shape index (κ1) is 15.7. The fraction of sp³-hybridized carbons (Fsp3) is 0.500. The second kappa shape index (κ2) is 7.33. The number of nitrogens with one attached hydrogen (secondary N) is 1. The van der Waals surface area contributed by atoms with Crippen molar-refractivity contribution in [1.29, 1.82) is 0 Å². The van der Waals surface area contributed by atoms with E-state index >= 15 is 0 Å². The van der Waals surface area contributed by atoms with Crippen LogP contribution < -0.4 is 10.2 Å². The number of thiocarbonyl (C=S) groups is 1. The van der Waals surface area contributed by atoms with E-state index < -0.39 is 0 Å². The molecule has 0 unspecified atom stereocenters. The van der Waals surface area contributed by atoms with Crippen LogP contribution >= 0.6 is 12.2 Å². The molecule has 1 atom stereocenters. The van der Waals surface area contributed by atoms with Gasteiger partial charge in [-0.05, 0) is 31.3 Å². The SMILES string of the molecule is C/C(=N\NC(=S)N(C)C)c1ccc(O[C@H]2CCOC2)cn1. The maximum absolute atomic E-state index is 5.77. The third-order valence-corrected chi connectivity index (χ3v) is 3.48. The summed E-state index contributed by atoms with van der Waals surface area (Å²) in [6, 6.07) is 3.77. The standard InChI is InChI=1S/C14H20N4O2S/c1-10(16-17-14(21)18(2)3)13-5-4-11(8-15-13)20-12-6-7-19-9-12/h4-5,8,12H,6-7,9H2,1-3H3,(H,17,21)/b16-10+/t12-/m0/s1. The number of aromatic nitrogens is 1. The third kappa shape index (κ3) is 4.64. The molecule has 0 aliphatic carbocycles. The number of hydrogen-bond donors (Lipinski definition) is 1. The maximum atomic E-state index is 5.77. The summed E-state index contributed by atoms with van der Waals surface area (Å²) < 4.78 is 11.0. The fourth-order valence-electron chi connectivity index (χ4n) is 1.75. The second-order valence-electron chi connectivity index (χ2n) is 4.99. The van der Waals surface area contributed by atoms with Gasteiger partial charge in [0.05, 0.1) is 30.8 Å². The lowest BCUT2D eigenvalue weighted by Crippen LogP contribution is -2.31. The first-order chi connectivity index (χ1) is 10.1. The summed E-state index contributed by atoms with van der Waals surface area (Å²) in [6.45, 7) is 3.28. The molecule has 0 amide bonds. The van der Waals surface area contributed by atoms with Crippen LogP contribution in [0.2, 0.25) is 0 Å². The molecular weight excluding hydrogens is 288 g/mol. The molecule has 21 heavy (non-hydrogen) atoms. The van der Waals surface area contributed by atoms with Crippen molar-refractivity contribution in [2.45, 2.75) is 19.4 Å². The lowest BCUT2D eigenvalue weighted by molar-refractivity contribution is 0.141. The van der Waals surface area contributed by atoms with Crippen molar-refractivity contribution in [3.63, 3.8) is 0 Å². The van der Waals surface area contributed by atoms with Gasteiger partial charge in [-0.25, -0.2) is 0 Å². The molecule has 6 nitrogen and oxygen atoms in total. The van der Waals surface area contributed by atoms with E-state index in [9.17, 15) is 0 Å². The summed E-state index contributed by atoms with van der Waals surface area (Å²) >= 11 is 5.10. The van der Waals surface area contributed by atoms with E-state index in [1.165, 1.54) is 0 Å². The fourth-order valence-corrected chi connectivity index (χ4v) is 1.80. The molecule has 1 aliphatic heterocycles. The number of rotatable bonds is 4. The molecule has 1 aromatic heterocycles. The van der Waals surface area contributed by atoms with Gasteiger partial charge in [0, 0.05) is 20.5 Å². The number of hydrazone groups is 1. The zero-order valence-electron chi connectivity index (χ0n) is 12.5. The van der Waals surface area contributed by atoms with Gasteiger partial charge < -0.3 is 14.4 Å². The smallest absolute Gasteiger partial charge is 0.189 e. The topological polar surface area (TPSA) is 59.0 Å². The zero-order valence-corrected chi connectivity index (χ0v) is 13.3. The summed E-state index contributed by atoms with van der Waals surface area (Å²) in [6.07, 6.45) is 2.76. The summed E-state index contributed by atoms with van der Waals surface area (Å²) in [4.78, 5) is 6.13. The first-order valence-electron chi connectivity index (χ1n) is 6.78. The van der Waals surface area contributed by atoms with E-state index in [0.29, 0.717) is 11.7 Å². The molecular formula is C14H20N4O2S. The Morgan fingerprint density at radius 1 is 1.52 bits per heavy atom. The largest absolute Gasteiger partial charge is 0.486 e. The van der Waals surface area contributed by atoms with E-state index in [4.69, 9.17) is 21.7 Å². The van der Waals surface area contributed by atoms with Gasteiger partial charge in [-0.3, -0.25) is 10.4 Å².